The molecule has 2 aliphatic heterocycles. The highest BCUT2D eigenvalue weighted by atomic mass is 16.5. The van der Waals surface area contributed by atoms with Crippen LogP contribution in [0.25, 0.3) is 0 Å². The minimum absolute atomic E-state index is 0.0568. The zero-order valence-electron chi connectivity index (χ0n) is 16.6. The molecule has 4 heterocycles. The Bertz CT molecular complexity index is 1220. The lowest BCUT2D eigenvalue weighted by atomic mass is 9.98. The van der Waals surface area contributed by atoms with Gasteiger partial charge in [0.1, 0.15) is 25.1 Å². The van der Waals surface area contributed by atoms with Gasteiger partial charge in [0.05, 0.1) is 0 Å². The van der Waals surface area contributed by atoms with E-state index in [1.807, 2.05) is 53.6 Å². The average molecular weight is 416 g/mol. The third-order valence-corrected chi connectivity index (χ3v) is 5.48. The Morgan fingerprint density at radius 2 is 1.90 bits per heavy atom. The molecule has 2 aromatic heterocycles. The topological polar surface area (TPSA) is 87.9 Å². The Labute approximate surface area is 178 Å². The third-order valence-electron chi connectivity index (χ3n) is 5.48. The largest absolute Gasteiger partial charge is 0.502 e. The van der Waals surface area contributed by atoms with Gasteiger partial charge in [-0.3, -0.25) is 24.3 Å². The normalized spacial score (nSPS) is 17.9. The van der Waals surface area contributed by atoms with Crippen molar-refractivity contribution in [3.05, 3.63) is 100 Å². The number of aromatic hydroxyl groups is 1. The van der Waals surface area contributed by atoms with Crippen LogP contribution in [0.4, 0.5) is 0 Å². The lowest BCUT2D eigenvalue weighted by molar-refractivity contribution is 0.0701. The van der Waals surface area contributed by atoms with Crippen LogP contribution in [-0.2, 0) is 0 Å². The number of nitrogens with zero attached hydrogens (tertiary/aromatic N) is 4. The van der Waals surface area contributed by atoms with Crippen LogP contribution in [0.1, 0.15) is 27.7 Å². The van der Waals surface area contributed by atoms with Crippen LogP contribution in [0.5, 0.6) is 11.5 Å². The lowest BCUT2D eigenvalue weighted by Gasteiger charge is -2.43. The fourth-order valence-corrected chi connectivity index (χ4v) is 4.02. The second-order valence-electron chi connectivity index (χ2n) is 7.34. The van der Waals surface area contributed by atoms with E-state index < -0.39 is 17.1 Å². The molecule has 5 rings (SSSR count). The Balaban J connectivity index is 1.80. The van der Waals surface area contributed by atoms with Crippen molar-refractivity contribution >= 4 is 5.91 Å². The second-order valence-corrected chi connectivity index (χ2v) is 7.34. The maximum Gasteiger partial charge on any atom is 0.278 e. The molecule has 1 atom stereocenters. The molecule has 0 aliphatic carbocycles. The summed E-state index contributed by atoms with van der Waals surface area (Å²) in [6.07, 6.45) is 8.63. The average Bonchev–Trinajstić information content (AvgIpc) is 2.82. The van der Waals surface area contributed by atoms with Crippen molar-refractivity contribution in [3.8, 4) is 11.5 Å². The Morgan fingerprint density at radius 3 is 2.74 bits per heavy atom. The van der Waals surface area contributed by atoms with Gasteiger partial charge in [0.15, 0.2) is 11.4 Å². The van der Waals surface area contributed by atoms with Crippen molar-refractivity contribution in [1.82, 2.24) is 14.6 Å². The van der Waals surface area contributed by atoms with Crippen molar-refractivity contribution in [3.63, 3.8) is 0 Å². The molecule has 1 amide bonds. The second kappa shape index (κ2) is 7.64. The van der Waals surface area contributed by atoms with Crippen molar-refractivity contribution in [2.24, 2.45) is 0 Å². The first-order valence-corrected chi connectivity index (χ1v) is 9.92. The Hall–Kier alpha value is -4.07. The number of hydrogen-bond acceptors (Lipinski definition) is 6. The minimum Gasteiger partial charge on any atom is -0.502 e. The van der Waals surface area contributed by atoms with Crippen molar-refractivity contribution < 1.29 is 14.6 Å². The summed E-state index contributed by atoms with van der Waals surface area (Å²) in [7, 11) is 0. The molecule has 2 bridgehead atoms. The first-order chi connectivity index (χ1) is 15.1. The molecule has 8 heteroatoms. The van der Waals surface area contributed by atoms with Crippen LogP contribution < -0.4 is 15.2 Å². The standard InChI is InChI=1S/C23H20N4O4/c28-18-9-12-26-21(22(18)29)23(30)25-11-4-5-13-31-19-8-10-24-14-17(19)20(27(26)15-25)16-6-2-1-3-7-16/h1-10,12,14,20,29H,11,13,15H2. The third kappa shape index (κ3) is 3.22. The maximum atomic E-state index is 13.1. The van der Waals surface area contributed by atoms with Gasteiger partial charge in [-0.15, -0.1) is 0 Å². The SMILES string of the molecule is O=C1c2c(O)c(=O)ccn2N2CN1CC=CCOc1ccncc1C2c1ccccc1. The predicted molar refractivity (Wildman–Crippen MR) is 114 cm³/mol. The number of hydrogen-bond donors (Lipinski definition) is 1. The van der Waals surface area contributed by atoms with Crippen LogP contribution in [0, 0.1) is 0 Å². The van der Waals surface area contributed by atoms with Gasteiger partial charge in [0.2, 0.25) is 5.43 Å². The van der Waals surface area contributed by atoms with Gasteiger partial charge in [-0.2, -0.15) is 0 Å². The van der Waals surface area contributed by atoms with Crippen LogP contribution in [0.15, 0.2) is 78.0 Å². The molecule has 1 N–H and O–H groups in total. The van der Waals surface area contributed by atoms with E-state index in [1.165, 1.54) is 12.3 Å². The van der Waals surface area contributed by atoms with Gasteiger partial charge in [-0.05, 0) is 17.7 Å². The van der Waals surface area contributed by atoms with E-state index in [-0.39, 0.29) is 18.4 Å². The van der Waals surface area contributed by atoms with Crippen molar-refractivity contribution in [2.75, 3.05) is 24.8 Å². The summed E-state index contributed by atoms with van der Waals surface area (Å²) in [5.41, 5.74) is 1.11. The lowest BCUT2D eigenvalue weighted by Crippen LogP contribution is -2.55. The van der Waals surface area contributed by atoms with E-state index in [0.717, 1.165) is 11.1 Å². The molecule has 0 fully saturated rings. The number of ether oxygens (including phenoxy) is 1. The molecular formula is C23H20N4O4. The maximum absolute atomic E-state index is 13.1. The molecule has 1 unspecified atom stereocenters. The molecule has 0 spiro atoms. The summed E-state index contributed by atoms with van der Waals surface area (Å²) in [6, 6.07) is 12.5. The predicted octanol–water partition coefficient (Wildman–Crippen LogP) is 2.04. The number of amides is 1. The van der Waals surface area contributed by atoms with Crippen LogP contribution in [-0.4, -0.2) is 45.4 Å². The number of benzene rings is 1. The van der Waals surface area contributed by atoms with Crippen molar-refractivity contribution in [1.29, 1.82) is 0 Å². The minimum atomic E-state index is -0.595. The summed E-state index contributed by atoms with van der Waals surface area (Å²) >= 11 is 0. The number of fused-ring (bicyclic) bond motifs is 5. The molecule has 156 valence electrons. The zero-order chi connectivity index (χ0) is 21.4. The fraction of sp³-hybridized carbons (Fsp3) is 0.174. The molecule has 0 saturated heterocycles. The Morgan fingerprint density at radius 1 is 1.06 bits per heavy atom. The first-order valence-electron chi connectivity index (χ1n) is 9.92. The van der Waals surface area contributed by atoms with E-state index in [0.29, 0.717) is 18.9 Å². The summed E-state index contributed by atoms with van der Waals surface area (Å²) in [4.78, 5) is 31.2. The molecule has 31 heavy (non-hydrogen) atoms. The molecule has 0 saturated carbocycles. The van der Waals surface area contributed by atoms with Gasteiger partial charge in [-0.25, -0.2) is 0 Å². The van der Waals surface area contributed by atoms with Gasteiger partial charge in [0, 0.05) is 36.8 Å². The van der Waals surface area contributed by atoms with Gasteiger partial charge in [0.25, 0.3) is 5.91 Å². The number of pyridine rings is 2. The Kier molecular flexibility index (Phi) is 4.66. The molecule has 2 aliphatic rings. The highest BCUT2D eigenvalue weighted by Gasteiger charge is 2.37. The highest BCUT2D eigenvalue weighted by molar-refractivity contribution is 5.96. The van der Waals surface area contributed by atoms with E-state index in [2.05, 4.69) is 4.98 Å². The van der Waals surface area contributed by atoms with Crippen LogP contribution >= 0.6 is 0 Å². The van der Waals surface area contributed by atoms with Crippen LogP contribution in [0.2, 0.25) is 0 Å². The van der Waals surface area contributed by atoms with Gasteiger partial charge < -0.3 is 14.7 Å². The van der Waals surface area contributed by atoms with Gasteiger partial charge in [-0.1, -0.05) is 36.4 Å². The number of carbonyl (C=O) groups excluding carboxylic acids is 1. The van der Waals surface area contributed by atoms with Crippen molar-refractivity contribution in [2.45, 2.75) is 6.04 Å². The molecule has 3 aromatic rings. The highest BCUT2D eigenvalue weighted by Crippen LogP contribution is 2.36. The van der Waals surface area contributed by atoms with E-state index >= 15 is 0 Å². The first kappa shape index (κ1) is 18.9. The number of carbonyl (C=O) groups is 1. The molecule has 1 aromatic carbocycles. The van der Waals surface area contributed by atoms with E-state index in [4.69, 9.17) is 4.74 Å². The number of rotatable bonds is 1. The quantitative estimate of drug-likeness (QED) is 0.611. The molecule has 8 nitrogen and oxygen atoms in total. The molecule has 0 radical (unpaired) electrons. The number of aromatic nitrogens is 2. The fourth-order valence-electron chi connectivity index (χ4n) is 4.02. The summed E-state index contributed by atoms with van der Waals surface area (Å²) < 4.78 is 7.57. The van der Waals surface area contributed by atoms with Gasteiger partial charge >= 0.3 is 0 Å². The smallest absolute Gasteiger partial charge is 0.278 e. The summed E-state index contributed by atoms with van der Waals surface area (Å²) in [5, 5.41) is 12.4. The van der Waals surface area contributed by atoms with E-state index in [1.54, 1.807) is 22.0 Å². The summed E-state index contributed by atoms with van der Waals surface area (Å²) in [5.74, 6) is -0.296. The summed E-state index contributed by atoms with van der Waals surface area (Å²) in [6.45, 7) is 0.903. The zero-order valence-corrected chi connectivity index (χ0v) is 16.6. The van der Waals surface area contributed by atoms with Crippen LogP contribution in [0.3, 0.4) is 0 Å². The molecular weight excluding hydrogens is 396 g/mol. The monoisotopic (exact) mass is 416 g/mol. The van der Waals surface area contributed by atoms with E-state index in [9.17, 15) is 14.7 Å².